The third kappa shape index (κ3) is 4.67. The molecule has 0 saturated heterocycles. The number of aryl methyl sites for hydroxylation is 1. The molecule has 0 aromatic carbocycles. The van der Waals surface area contributed by atoms with Crippen molar-refractivity contribution in [1.82, 2.24) is 9.88 Å². The zero-order chi connectivity index (χ0) is 13.5. The smallest absolute Gasteiger partial charge is 0.333 e. The monoisotopic (exact) mass is 248 g/mol. The Balaban J connectivity index is 2.52. The van der Waals surface area contributed by atoms with Crippen LogP contribution in [0.4, 0.5) is 0 Å². The van der Waals surface area contributed by atoms with Gasteiger partial charge in [0.25, 0.3) is 0 Å². The van der Waals surface area contributed by atoms with E-state index in [0.717, 1.165) is 17.9 Å². The second-order valence-electron chi connectivity index (χ2n) is 4.35. The van der Waals surface area contributed by atoms with E-state index in [1.807, 2.05) is 38.2 Å². The Morgan fingerprint density at radius 1 is 1.50 bits per heavy atom. The summed E-state index contributed by atoms with van der Waals surface area (Å²) in [5.74, 6) is -0.280. The first-order valence-corrected chi connectivity index (χ1v) is 5.89. The highest BCUT2D eigenvalue weighted by molar-refractivity contribution is 5.87. The van der Waals surface area contributed by atoms with Crippen molar-refractivity contribution in [3.8, 4) is 0 Å². The maximum absolute atomic E-state index is 11.2. The molecule has 0 aliphatic rings. The molecule has 0 fully saturated rings. The Morgan fingerprint density at radius 2 is 2.22 bits per heavy atom. The lowest BCUT2D eigenvalue weighted by Crippen LogP contribution is -2.19. The fourth-order valence-electron chi connectivity index (χ4n) is 1.57. The minimum Gasteiger partial charge on any atom is -0.466 e. The predicted octanol–water partition coefficient (Wildman–Crippen LogP) is 1.94. The third-order valence-electron chi connectivity index (χ3n) is 2.59. The van der Waals surface area contributed by atoms with Crippen molar-refractivity contribution in [3.05, 3.63) is 41.2 Å². The fraction of sp³-hybridized carbons (Fsp3) is 0.429. The average Bonchev–Trinajstić information content (AvgIpc) is 2.35. The van der Waals surface area contributed by atoms with Gasteiger partial charge in [-0.25, -0.2) is 4.79 Å². The summed E-state index contributed by atoms with van der Waals surface area (Å²) in [6.45, 7) is 5.18. The highest BCUT2D eigenvalue weighted by Crippen LogP contribution is 2.03. The Kier molecular flexibility index (Phi) is 5.52. The number of esters is 1. The van der Waals surface area contributed by atoms with E-state index in [-0.39, 0.29) is 5.97 Å². The predicted molar refractivity (Wildman–Crippen MR) is 71.1 cm³/mol. The first-order valence-electron chi connectivity index (χ1n) is 5.89. The van der Waals surface area contributed by atoms with Crippen LogP contribution in [0.25, 0.3) is 0 Å². The Labute approximate surface area is 108 Å². The largest absolute Gasteiger partial charge is 0.466 e. The van der Waals surface area contributed by atoms with Crippen LogP contribution in [-0.4, -0.2) is 36.6 Å². The van der Waals surface area contributed by atoms with Gasteiger partial charge in [0.15, 0.2) is 0 Å². The van der Waals surface area contributed by atoms with Gasteiger partial charge >= 0.3 is 5.97 Å². The maximum atomic E-state index is 11.2. The number of carbonyl (C=O) groups is 1. The Morgan fingerprint density at radius 3 is 2.83 bits per heavy atom. The summed E-state index contributed by atoms with van der Waals surface area (Å²) >= 11 is 0. The summed E-state index contributed by atoms with van der Waals surface area (Å²) in [7, 11) is 3.38. The highest BCUT2D eigenvalue weighted by atomic mass is 16.5. The third-order valence-corrected chi connectivity index (χ3v) is 2.59. The topological polar surface area (TPSA) is 42.4 Å². The maximum Gasteiger partial charge on any atom is 0.333 e. The molecule has 0 bridgehead atoms. The molecule has 1 rings (SSSR count). The number of aromatic nitrogens is 1. The fourth-order valence-corrected chi connectivity index (χ4v) is 1.57. The number of ether oxygens (including phenoxy) is 1. The zero-order valence-electron chi connectivity index (χ0n) is 11.4. The van der Waals surface area contributed by atoms with Crippen molar-refractivity contribution >= 4 is 5.97 Å². The molecule has 0 aliphatic carbocycles. The summed E-state index contributed by atoms with van der Waals surface area (Å²) in [4.78, 5) is 17.7. The average molecular weight is 248 g/mol. The number of likely N-dealkylation sites (N-methyl/N-ethyl adjacent to an activating group) is 1. The Hall–Kier alpha value is -1.68. The SMILES string of the molecule is COC(=O)C(C)=CCN(C)Cc1cccc(C)n1. The van der Waals surface area contributed by atoms with Gasteiger partial charge in [-0.3, -0.25) is 9.88 Å². The van der Waals surface area contributed by atoms with Gasteiger partial charge in [0.2, 0.25) is 0 Å². The lowest BCUT2D eigenvalue weighted by molar-refractivity contribution is -0.136. The Bertz CT molecular complexity index is 441. The number of rotatable bonds is 5. The van der Waals surface area contributed by atoms with Crippen LogP contribution in [0.15, 0.2) is 29.8 Å². The van der Waals surface area contributed by atoms with Crippen LogP contribution in [-0.2, 0) is 16.1 Å². The van der Waals surface area contributed by atoms with Crippen LogP contribution in [0.2, 0.25) is 0 Å². The van der Waals surface area contributed by atoms with Gasteiger partial charge in [0.05, 0.1) is 12.8 Å². The van der Waals surface area contributed by atoms with E-state index in [1.54, 1.807) is 6.92 Å². The summed E-state index contributed by atoms with van der Waals surface area (Å²) in [5, 5.41) is 0. The molecule has 1 heterocycles. The van der Waals surface area contributed by atoms with Crippen LogP contribution in [0.5, 0.6) is 0 Å². The summed E-state index contributed by atoms with van der Waals surface area (Å²) in [5.41, 5.74) is 2.67. The van der Waals surface area contributed by atoms with E-state index in [0.29, 0.717) is 12.1 Å². The van der Waals surface area contributed by atoms with Crippen molar-refractivity contribution in [2.24, 2.45) is 0 Å². The van der Waals surface area contributed by atoms with Crippen molar-refractivity contribution < 1.29 is 9.53 Å². The molecule has 4 nitrogen and oxygen atoms in total. The number of nitrogens with zero attached hydrogens (tertiary/aromatic N) is 2. The van der Waals surface area contributed by atoms with Crippen molar-refractivity contribution in [3.63, 3.8) is 0 Å². The van der Waals surface area contributed by atoms with Gasteiger partial charge in [0, 0.05) is 24.4 Å². The molecule has 0 aliphatic heterocycles. The molecule has 0 radical (unpaired) electrons. The lowest BCUT2D eigenvalue weighted by atomic mass is 10.2. The van der Waals surface area contributed by atoms with E-state index in [2.05, 4.69) is 14.6 Å². The van der Waals surface area contributed by atoms with Crippen LogP contribution < -0.4 is 0 Å². The van der Waals surface area contributed by atoms with Gasteiger partial charge in [-0.1, -0.05) is 12.1 Å². The van der Waals surface area contributed by atoms with E-state index < -0.39 is 0 Å². The molecular formula is C14H20N2O2. The van der Waals surface area contributed by atoms with Crippen molar-refractivity contribution in [2.75, 3.05) is 20.7 Å². The molecule has 0 amide bonds. The van der Waals surface area contributed by atoms with Gasteiger partial charge in [-0.05, 0) is 33.0 Å². The number of carbonyl (C=O) groups excluding carboxylic acids is 1. The quantitative estimate of drug-likeness (QED) is 0.590. The van der Waals surface area contributed by atoms with Crippen molar-refractivity contribution in [1.29, 1.82) is 0 Å². The number of hydrogen-bond acceptors (Lipinski definition) is 4. The van der Waals surface area contributed by atoms with E-state index >= 15 is 0 Å². The van der Waals surface area contributed by atoms with Gasteiger partial charge in [-0.15, -0.1) is 0 Å². The first-order chi connectivity index (χ1) is 8.52. The number of hydrogen-bond donors (Lipinski definition) is 0. The summed E-state index contributed by atoms with van der Waals surface area (Å²) < 4.78 is 4.64. The highest BCUT2D eigenvalue weighted by Gasteiger charge is 2.04. The standard InChI is InChI=1S/C14H20N2O2/c1-11(14(17)18-4)8-9-16(3)10-13-7-5-6-12(2)15-13/h5-8H,9-10H2,1-4H3. The van der Waals surface area contributed by atoms with Gasteiger partial charge in [0.1, 0.15) is 0 Å². The number of methoxy groups -OCH3 is 1. The lowest BCUT2D eigenvalue weighted by Gasteiger charge is -2.14. The van der Waals surface area contributed by atoms with Crippen LogP contribution in [0, 0.1) is 6.92 Å². The summed E-state index contributed by atoms with van der Waals surface area (Å²) in [6, 6.07) is 5.98. The molecule has 1 aromatic heterocycles. The van der Waals surface area contributed by atoms with Crippen LogP contribution >= 0.6 is 0 Å². The normalized spacial score (nSPS) is 11.7. The van der Waals surface area contributed by atoms with Crippen LogP contribution in [0.1, 0.15) is 18.3 Å². The minimum atomic E-state index is -0.280. The molecule has 18 heavy (non-hydrogen) atoms. The molecule has 0 unspecified atom stereocenters. The zero-order valence-corrected chi connectivity index (χ0v) is 11.4. The first kappa shape index (κ1) is 14.4. The van der Waals surface area contributed by atoms with Gasteiger partial charge < -0.3 is 4.74 Å². The molecule has 0 N–H and O–H groups in total. The molecular weight excluding hydrogens is 228 g/mol. The van der Waals surface area contributed by atoms with Crippen molar-refractivity contribution in [2.45, 2.75) is 20.4 Å². The molecule has 98 valence electrons. The molecule has 0 atom stereocenters. The molecule has 0 saturated carbocycles. The molecule has 1 aromatic rings. The molecule has 0 spiro atoms. The summed E-state index contributed by atoms with van der Waals surface area (Å²) in [6.07, 6.45) is 1.86. The van der Waals surface area contributed by atoms with E-state index in [9.17, 15) is 4.79 Å². The minimum absolute atomic E-state index is 0.280. The molecule has 4 heteroatoms. The number of pyridine rings is 1. The second kappa shape index (κ2) is 6.91. The van der Waals surface area contributed by atoms with Gasteiger partial charge in [-0.2, -0.15) is 0 Å². The van der Waals surface area contributed by atoms with E-state index in [4.69, 9.17) is 0 Å². The van der Waals surface area contributed by atoms with E-state index in [1.165, 1.54) is 7.11 Å². The van der Waals surface area contributed by atoms with Crippen LogP contribution in [0.3, 0.4) is 0 Å². The second-order valence-corrected chi connectivity index (χ2v) is 4.35.